The third kappa shape index (κ3) is 3.35. The van der Waals surface area contributed by atoms with Crippen molar-refractivity contribution in [2.24, 2.45) is 0 Å². The van der Waals surface area contributed by atoms with E-state index in [2.05, 4.69) is 39.9 Å². The number of aromatic nitrogens is 2. The van der Waals surface area contributed by atoms with Gasteiger partial charge in [-0.05, 0) is 46.3 Å². The summed E-state index contributed by atoms with van der Waals surface area (Å²) < 4.78 is 5.50. The van der Waals surface area contributed by atoms with E-state index in [-0.39, 0.29) is 0 Å². The number of ether oxygens (including phenoxy) is 1. The third-order valence-electron chi connectivity index (χ3n) is 4.79. The van der Waals surface area contributed by atoms with Gasteiger partial charge in [-0.2, -0.15) is 0 Å². The molecule has 0 bridgehead atoms. The molecule has 1 aromatic rings. The van der Waals surface area contributed by atoms with E-state index in [4.69, 9.17) is 4.74 Å². The van der Waals surface area contributed by atoms with Gasteiger partial charge in [0.2, 0.25) is 0 Å². The minimum absolute atomic E-state index is 0.441. The highest BCUT2D eigenvalue weighted by Gasteiger charge is 2.24. The van der Waals surface area contributed by atoms with Crippen LogP contribution < -0.4 is 4.90 Å². The highest BCUT2D eigenvalue weighted by molar-refractivity contribution is 5.41. The summed E-state index contributed by atoms with van der Waals surface area (Å²) in [4.78, 5) is 14.0. The molecule has 2 saturated heterocycles. The van der Waals surface area contributed by atoms with Crippen LogP contribution in [0.2, 0.25) is 0 Å². The van der Waals surface area contributed by atoms with Gasteiger partial charge < -0.3 is 14.5 Å². The van der Waals surface area contributed by atoms with Gasteiger partial charge in [-0.25, -0.2) is 9.97 Å². The Bertz CT molecular complexity index is 479. The number of nitrogens with zero attached hydrogens (tertiary/aromatic N) is 4. The molecule has 21 heavy (non-hydrogen) atoms. The van der Waals surface area contributed by atoms with Crippen molar-refractivity contribution in [1.82, 2.24) is 14.9 Å². The van der Waals surface area contributed by atoms with Crippen LogP contribution in [-0.4, -0.2) is 61.3 Å². The Morgan fingerprint density at radius 2 is 2.00 bits per heavy atom. The SMILES string of the molecule is Cc1nc(C2CCOC2)cc(N(C)C2CCN(C)CC2)n1. The Balaban J connectivity index is 1.77. The second-order valence-corrected chi connectivity index (χ2v) is 6.40. The van der Waals surface area contributed by atoms with Gasteiger partial charge >= 0.3 is 0 Å². The summed E-state index contributed by atoms with van der Waals surface area (Å²) in [5.41, 5.74) is 1.15. The fourth-order valence-electron chi connectivity index (χ4n) is 3.30. The number of hydrogen-bond acceptors (Lipinski definition) is 5. The van der Waals surface area contributed by atoms with E-state index in [0.717, 1.165) is 37.0 Å². The van der Waals surface area contributed by atoms with Gasteiger partial charge in [0.15, 0.2) is 0 Å². The van der Waals surface area contributed by atoms with Crippen LogP contribution in [0.4, 0.5) is 5.82 Å². The summed E-state index contributed by atoms with van der Waals surface area (Å²) in [5, 5.41) is 0. The molecule has 116 valence electrons. The van der Waals surface area contributed by atoms with Crippen molar-refractivity contribution in [3.63, 3.8) is 0 Å². The molecule has 0 spiro atoms. The molecule has 1 aromatic heterocycles. The Kier molecular flexibility index (Phi) is 4.40. The number of likely N-dealkylation sites (tertiary alicyclic amines) is 1. The zero-order valence-electron chi connectivity index (χ0n) is 13.4. The molecule has 0 radical (unpaired) electrons. The van der Waals surface area contributed by atoms with Gasteiger partial charge in [0.05, 0.1) is 12.3 Å². The minimum atomic E-state index is 0.441. The lowest BCUT2D eigenvalue weighted by Gasteiger charge is -2.36. The van der Waals surface area contributed by atoms with Crippen LogP contribution in [0.15, 0.2) is 6.07 Å². The molecule has 5 nitrogen and oxygen atoms in total. The van der Waals surface area contributed by atoms with Gasteiger partial charge in [-0.15, -0.1) is 0 Å². The number of rotatable bonds is 3. The zero-order chi connectivity index (χ0) is 14.8. The summed E-state index contributed by atoms with van der Waals surface area (Å²) in [5.74, 6) is 2.38. The average molecular weight is 290 g/mol. The molecule has 1 unspecified atom stereocenters. The zero-order valence-corrected chi connectivity index (χ0v) is 13.4. The van der Waals surface area contributed by atoms with Gasteiger partial charge in [0, 0.05) is 31.7 Å². The molecule has 1 atom stereocenters. The Labute approximate surface area is 127 Å². The van der Waals surface area contributed by atoms with E-state index < -0.39 is 0 Å². The topological polar surface area (TPSA) is 41.5 Å². The first-order valence-corrected chi connectivity index (χ1v) is 7.98. The van der Waals surface area contributed by atoms with Crippen molar-refractivity contribution < 1.29 is 4.74 Å². The highest BCUT2D eigenvalue weighted by atomic mass is 16.5. The Morgan fingerprint density at radius 1 is 1.24 bits per heavy atom. The normalized spacial score (nSPS) is 24.4. The highest BCUT2D eigenvalue weighted by Crippen LogP contribution is 2.27. The molecule has 3 heterocycles. The lowest BCUT2D eigenvalue weighted by atomic mass is 10.0. The van der Waals surface area contributed by atoms with Crippen molar-refractivity contribution in [3.05, 3.63) is 17.6 Å². The monoisotopic (exact) mass is 290 g/mol. The molecule has 3 rings (SSSR count). The molecule has 0 aliphatic carbocycles. The van der Waals surface area contributed by atoms with Crippen molar-refractivity contribution in [2.75, 3.05) is 45.3 Å². The molecule has 2 fully saturated rings. The van der Waals surface area contributed by atoms with E-state index >= 15 is 0 Å². The fraction of sp³-hybridized carbons (Fsp3) is 0.750. The third-order valence-corrected chi connectivity index (χ3v) is 4.79. The maximum absolute atomic E-state index is 5.50. The van der Waals surface area contributed by atoms with Crippen molar-refractivity contribution in [1.29, 1.82) is 0 Å². The molecule has 0 amide bonds. The van der Waals surface area contributed by atoms with Crippen LogP contribution in [0, 0.1) is 6.92 Å². The molecule has 5 heteroatoms. The minimum Gasteiger partial charge on any atom is -0.381 e. The summed E-state index contributed by atoms with van der Waals surface area (Å²) in [7, 11) is 4.37. The Hall–Kier alpha value is -1.20. The summed E-state index contributed by atoms with van der Waals surface area (Å²) in [6, 6.07) is 2.76. The number of anilines is 1. The van der Waals surface area contributed by atoms with Crippen LogP contribution in [0.25, 0.3) is 0 Å². The predicted octanol–water partition coefficient (Wildman–Crippen LogP) is 1.82. The van der Waals surface area contributed by atoms with E-state index in [1.165, 1.54) is 25.9 Å². The van der Waals surface area contributed by atoms with Gasteiger partial charge in [-0.3, -0.25) is 0 Å². The predicted molar refractivity (Wildman–Crippen MR) is 83.9 cm³/mol. The first-order valence-electron chi connectivity index (χ1n) is 7.98. The largest absolute Gasteiger partial charge is 0.381 e. The maximum atomic E-state index is 5.50. The van der Waals surface area contributed by atoms with E-state index in [1.54, 1.807) is 0 Å². The van der Waals surface area contributed by atoms with Crippen LogP contribution in [0.1, 0.15) is 36.7 Å². The number of hydrogen-bond donors (Lipinski definition) is 0. The molecule has 0 N–H and O–H groups in total. The average Bonchev–Trinajstić information content (AvgIpc) is 3.01. The summed E-state index contributed by atoms with van der Waals surface area (Å²) in [6.45, 7) is 5.98. The lowest BCUT2D eigenvalue weighted by molar-refractivity contribution is 0.193. The first-order chi connectivity index (χ1) is 10.1. The lowest BCUT2D eigenvalue weighted by Crippen LogP contribution is -2.42. The van der Waals surface area contributed by atoms with Crippen LogP contribution >= 0.6 is 0 Å². The molecule has 0 saturated carbocycles. The van der Waals surface area contributed by atoms with Gasteiger partial charge in [0.1, 0.15) is 11.6 Å². The van der Waals surface area contributed by atoms with Crippen molar-refractivity contribution >= 4 is 5.82 Å². The molecular formula is C16H26N4O. The van der Waals surface area contributed by atoms with E-state index in [1.807, 2.05) is 6.92 Å². The van der Waals surface area contributed by atoms with E-state index in [9.17, 15) is 0 Å². The second kappa shape index (κ2) is 6.28. The van der Waals surface area contributed by atoms with Crippen LogP contribution in [0.3, 0.4) is 0 Å². The molecule has 2 aliphatic rings. The van der Waals surface area contributed by atoms with Gasteiger partial charge in [0.25, 0.3) is 0 Å². The van der Waals surface area contributed by atoms with Crippen LogP contribution in [-0.2, 0) is 4.74 Å². The quantitative estimate of drug-likeness (QED) is 0.849. The standard InChI is InChI=1S/C16H26N4O/c1-12-17-15(13-6-9-21-11-13)10-16(18-12)20(3)14-4-7-19(2)8-5-14/h10,13-14H,4-9,11H2,1-3H3. The molecule has 2 aliphatic heterocycles. The molecular weight excluding hydrogens is 264 g/mol. The van der Waals surface area contributed by atoms with Crippen molar-refractivity contribution in [3.8, 4) is 0 Å². The van der Waals surface area contributed by atoms with Gasteiger partial charge in [-0.1, -0.05) is 0 Å². The van der Waals surface area contributed by atoms with E-state index in [0.29, 0.717) is 12.0 Å². The first kappa shape index (κ1) is 14.7. The van der Waals surface area contributed by atoms with Crippen LogP contribution in [0.5, 0.6) is 0 Å². The maximum Gasteiger partial charge on any atom is 0.132 e. The fourth-order valence-corrected chi connectivity index (χ4v) is 3.30. The second-order valence-electron chi connectivity index (χ2n) is 6.40. The Morgan fingerprint density at radius 3 is 2.67 bits per heavy atom. The summed E-state index contributed by atoms with van der Waals surface area (Å²) in [6.07, 6.45) is 3.49. The molecule has 0 aromatic carbocycles. The smallest absolute Gasteiger partial charge is 0.132 e. The van der Waals surface area contributed by atoms with Crippen molar-refractivity contribution in [2.45, 2.75) is 38.1 Å². The number of piperidine rings is 1. The number of aryl methyl sites for hydroxylation is 1. The summed E-state index contributed by atoms with van der Waals surface area (Å²) >= 11 is 0.